The van der Waals surface area contributed by atoms with Gasteiger partial charge in [-0.15, -0.1) is 0 Å². The Morgan fingerprint density at radius 1 is 1.03 bits per heavy atom. The standard InChI is InChI=1S/C26H17Cl2F3N4O2/c27-19-11-7-17(8-12-19)23-24(37-14-13-32)22(34-35(23)21-4-2-1-3-20(21)28)25(36)33-15-16-5-9-18(10-6-16)26(29,30)31/h1-12H,14-15H2,(H,33,36). The first-order chi connectivity index (χ1) is 17.7. The number of amides is 1. The van der Waals surface area contributed by atoms with Crippen LogP contribution in [0.3, 0.4) is 0 Å². The Balaban J connectivity index is 1.75. The highest BCUT2D eigenvalue weighted by Crippen LogP contribution is 2.37. The van der Waals surface area contributed by atoms with Gasteiger partial charge in [0.05, 0.1) is 16.3 Å². The molecular formula is C26H17Cl2F3N4O2. The minimum Gasteiger partial charge on any atom is -0.474 e. The van der Waals surface area contributed by atoms with Gasteiger partial charge in [0, 0.05) is 17.1 Å². The lowest BCUT2D eigenvalue weighted by Crippen LogP contribution is -2.24. The molecule has 11 heteroatoms. The Hall–Kier alpha value is -4.00. The first-order valence-corrected chi connectivity index (χ1v) is 11.5. The summed E-state index contributed by atoms with van der Waals surface area (Å²) in [6, 6.07) is 19.9. The molecule has 4 aromatic rings. The normalized spacial score (nSPS) is 11.1. The zero-order valence-corrected chi connectivity index (χ0v) is 20.4. The highest BCUT2D eigenvalue weighted by molar-refractivity contribution is 6.32. The van der Waals surface area contributed by atoms with Crippen molar-refractivity contribution >= 4 is 29.1 Å². The number of hydrogen-bond donors (Lipinski definition) is 1. The number of ether oxygens (including phenoxy) is 1. The number of aromatic nitrogens is 2. The number of nitrogens with one attached hydrogen (secondary N) is 1. The van der Waals surface area contributed by atoms with E-state index in [2.05, 4.69) is 10.4 Å². The molecule has 0 atom stereocenters. The Labute approximate surface area is 219 Å². The van der Waals surface area contributed by atoms with E-state index in [9.17, 15) is 18.0 Å². The second-order valence-corrected chi connectivity index (χ2v) is 8.56. The Morgan fingerprint density at radius 3 is 2.32 bits per heavy atom. The number of halogens is 5. The molecule has 37 heavy (non-hydrogen) atoms. The number of alkyl halides is 3. The van der Waals surface area contributed by atoms with Crippen LogP contribution in [0.2, 0.25) is 10.0 Å². The fraction of sp³-hybridized carbons (Fsp3) is 0.115. The van der Waals surface area contributed by atoms with E-state index >= 15 is 0 Å². The van der Waals surface area contributed by atoms with Crippen LogP contribution in [-0.2, 0) is 12.7 Å². The molecule has 0 bridgehead atoms. The van der Waals surface area contributed by atoms with Crippen LogP contribution in [0.4, 0.5) is 13.2 Å². The first-order valence-electron chi connectivity index (χ1n) is 10.8. The molecule has 1 heterocycles. The summed E-state index contributed by atoms with van der Waals surface area (Å²) in [5.41, 5.74) is 0.932. The Morgan fingerprint density at radius 2 is 1.70 bits per heavy atom. The van der Waals surface area contributed by atoms with Gasteiger partial charge in [0.25, 0.3) is 5.91 Å². The molecule has 0 spiro atoms. The molecule has 0 saturated carbocycles. The largest absolute Gasteiger partial charge is 0.474 e. The van der Waals surface area contributed by atoms with E-state index in [-0.39, 0.29) is 24.6 Å². The molecule has 4 rings (SSSR count). The number of nitrogens with zero attached hydrogens (tertiary/aromatic N) is 3. The number of para-hydroxylation sites is 1. The lowest BCUT2D eigenvalue weighted by molar-refractivity contribution is -0.137. The van der Waals surface area contributed by atoms with Gasteiger partial charge in [-0.2, -0.15) is 23.5 Å². The van der Waals surface area contributed by atoms with E-state index in [0.717, 1.165) is 12.1 Å². The zero-order valence-electron chi connectivity index (χ0n) is 18.9. The third kappa shape index (κ3) is 5.88. The van der Waals surface area contributed by atoms with Crippen LogP contribution in [0.5, 0.6) is 5.75 Å². The highest BCUT2D eigenvalue weighted by atomic mass is 35.5. The topological polar surface area (TPSA) is 79.9 Å². The second-order valence-electron chi connectivity index (χ2n) is 7.72. The third-order valence-corrected chi connectivity index (χ3v) is 5.84. The van der Waals surface area contributed by atoms with Crippen molar-refractivity contribution in [1.82, 2.24) is 15.1 Å². The number of rotatable bonds is 7. The summed E-state index contributed by atoms with van der Waals surface area (Å²) in [6.07, 6.45) is -4.46. The van der Waals surface area contributed by atoms with Crippen molar-refractivity contribution in [2.75, 3.05) is 6.61 Å². The first kappa shape index (κ1) is 26.1. The third-order valence-electron chi connectivity index (χ3n) is 5.27. The maximum atomic E-state index is 13.2. The molecule has 0 aliphatic carbocycles. The fourth-order valence-corrected chi connectivity index (χ4v) is 3.87. The molecule has 0 radical (unpaired) electrons. The predicted octanol–water partition coefficient (Wildman–Crippen LogP) is 6.70. The van der Waals surface area contributed by atoms with E-state index in [4.69, 9.17) is 33.2 Å². The number of benzene rings is 3. The number of carbonyl (C=O) groups is 1. The maximum Gasteiger partial charge on any atom is 0.416 e. The van der Waals surface area contributed by atoms with Crippen molar-refractivity contribution in [3.8, 4) is 28.8 Å². The summed E-state index contributed by atoms with van der Waals surface area (Å²) in [4.78, 5) is 13.2. The minimum absolute atomic E-state index is 0.0358. The molecule has 0 unspecified atom stereocenters. The lowest BCUT2D eigenvalue weighted by Gasteiger charge is -2.11. The van der Waals surface area contributed by atoms with Gasteiger partial charge in [-0.05, 0) is 42.0 Å². The summed E-state index contributed by atoms with van der Waals surface area (Å²) in [7, 11) is 0. The van der Waals surface area contributed by atoms with Gasteiger partial charge in [0.15, 0.2) is 18.1 Å². The monoisotopic (exact) mass is 544 g/mol. The summed E-state index contributed by atoms with van der Waals surface area (Å²) >= 11 is 12.5. The summed E-state index contributed by atoms with van der Waals surface area (Å²) < 4.78 is 45.6. The summed E-state index contributed by atoms with van der Waals surface area (Å²) in [5.74, 6) is -0.623. The molecule has 1 aromatic heterocycles. The van der Waals surface area contributed by atoms with E-state index < -0.39 is 17.6 Å². The van der Waals surface area contributed by atoms with Crippen LogP contribution in [0.15, 0.2) is 72.8 Å². The molecule has 0 fully saturated rings. The van der Waals surface area contributed by atoms with Crippen LogP contribution >= 0.6 is 23.2 Å². The van der Waals surface area contributed by atoms with Crippen molar-refractivity contribution in [2.45, 2.75) is 12.7 Å². The average Bonchev–Trinajstić information content (AvgIpc) is 3.25. The van der Waals surface area contributed by atoms with Gasteiger partial charge in [0.2, 0.25) is 0 Å². The molecule has 6 nitrogen and oxygen atoms in total. The predicted molar refractivity (Wildman–Crippen MR) is 133 cm³/mol. The van der Waals surface area contributed by atoms with Gasteiger partial charge in [-0.25, -0.2) is 4.68 Å². The Bertz CT molecular complexity index is 1460. The fourth-order valence-electron chi connectivity index (χ4n) is 3.53. The van der Waals surface area contributed by atoms with Gasteiger partial charge in [0.1, 0.15) is 11.8 Å². The van der Waals surface area contributed by atoms with E-state index in [1.807, 2.05) is 6.07 Å². The van der Waals surface area contributed by atoms with E-state index in [1.165, 1.54) is 16.8 Å². The lowest BCUT2D eigenvalue weighted by atomic mass is 10.1. The van der Waals surface area contributed by atoms with Crippen LogP contribution in [0.25, 0.3) is 16.9 Å². The Kier molecular flexibility index (Phi) is 7.71. The molecule has 0 saturated heterocycles. The van der Waals surface area contributed by atoms with Gasteiger partial charge >= 0.3 is 6.18 Å². The minimum atomic E-state index is -4.46. The average molecular weight is 545 g/mol. The van der Waals surface area contributed by atoms with Gasteiger partial charge in [-0.1, -0.05) is 59.6 Å². The molecule has 1 amide bonds. The van der Waals surface area contributed by atoms with Crippen LogP contribution < -0.4 is 10.1 Å². The smallest absolute Gasteiger partial charge is 0.416 e. The number of hydrogen-bond acceptors (Lipinski definition) is 4. The number of carbonyl (C=O) groups excluding carboxylic acids is 1. The van der Waals surface area contributed by atoms with Crippen LogP contribution in [-0.4, -0.2) is 22.3 Å². The number of nitriles is 1. The van der Waals surface area contributed by atoms with Crippen molar-refractivity contribution < 1.29 is 22.7 Å². The van der Waals surface area contributed by atoms with Crippen molar-refractivity contribution in [2.24, 2.45) is 0 Å². The molecule has 0 aliphatic heterocycles. The van der Waals surface area contributed by atoms with Crippen molar-refractivity contribution in [3.63, 3.8) is 0 Å². The van der Waals surface area contributed by atoms with E-state index in [1.54, 1.807) is 48.5 Å². The van der Waals surface area contributed by atoms with Crippen molar-refractivity contribution in [1.29, 1.82) is 5.26 Å². The van der Waals surface area contributed by atoms with Gasteiger partial charge in [-0.3, -0.25) is 4.79 Å². The van der Waals surface area contributed by atoms with Crippen LogP contribution in [0, 0.1) is 11.3 Å². The molecule has 188 valence electrons. The SMILES string of the molecule is N#CCOc1c(C(=O)NCc2ccc(C(F)(F)F)cc2)nn(-c2ccccc2Cl)c1-c1ccc(Cl)cc1. The molecular weight excluding hydrogens is 528 g/mol. The molecule has 0 aliphatic rings. The summed E-state index contributed by atoms with van der Waals surface area (Å²) in [6.45, 7) is -0.433. The summed E-state index contributed by atoms with van der Waals surface area (Å²) in [5, 5.41) is 17.1. The van der Waals surface area contributed by atoms with E-state index in [0.29, 0.717) is 32.6 Å². The second kappa shape index (κ2) is 10.9. The highest BCUT2D eigenvalue weighted by Gasteiger charge is 2.30. The van der Waals surface area contributed by atoms with Crippen molar-refractivity contribution in [3.05, 3.63) is 99.7 Å². The zero-order chi connectivity index (χ0) is 26.6. The molecule has 3 aromatic carbocycles. The van der Waals surface area contributed by atoms with Gasteiger partial charge < -0.3 is 10.1 Å². The maximum absolute atomic E-state index is 13.2. The quantitative estimate of drug-likeness (QED) is 0.281. The van der Waals surface area contributed by atoms with Crippen LogP contribution in [0.1, 0.15) is 21.6 Å². The molecule has 1 N–H and O–H groups in total.